The highest BCUT2D eigenvalue weighted by Crippen LogP contribution is 2.41. The average molecular weight is 489 g/mol. The maximum atomic E-state index is 13.3. The Kier molecular flexibility index (Phi) is 6.76. The molecule has 4 rings (SSSR count). The third-order valence-corrected chi connectivity index (χ3v) is 5.48. The number of aliphatic hydroxyl groups excluding tert-OH is 1. The molecule has 0 amide bonds. The topological polar surface area (TPSA) is 70.0 Å². The van der Waals surface area contributed by atoms with Crippen LogP contribution in [0.4, 0.5) is 18.9 Å². The molecule has 1 aromatic heterocycles. The van der Waals surface area contributed by atoms with Crippen molar-refractivity contribution in [3.63, 3.8) is 0 Å². The maximum Gasteiger partial charge on any atom is 0.421 e. The molecule has 1 aliphatic rings. The first kappa shape index (κ1) is 23.6. The lowest BCUT2D eigenvalue weighted by atomic mass is 10.0. The quantitative estimate of drug-likeness (QED) is 0.311. The number of anilines is 1. The van der Waals surface area contributed by atoms with Crippen LogP contribution in [0.15, 0.2) is 72.0 Å². The van der Waals surface area contributed by atoms with Gasteiger partial charge >= 0.3 is 6.18 Å². The first-order chi connectivity index (χ1) is 16.3. The number of aromatic nitrogens is 1. The molecule has 10 heteroatoms. The van der Waals surface area contributed by atoms with E-state index in [-0.39, 0.29) is 17.5 Å². The summed E-state index contributed by atoms with van der Waals surface area (Å²) in [5, 5.41) is 9.72. The summed E-state index contributed by atoms with van der Waals surface area (Å²) in [5.74, 6) is -0.453. The minimum absolute atomic E-state index is 0.113. The van der Waals surface area contributed by atoms with Gasteiger partial charge in [-0.2, -0.15) is 13.2 Å². The summed E-state index contributed by atoms with van der Waals surface area (Å²) in [6, 6.07) is 14.5. The molecule has 176 valence electrons. The molecule has 6 nitrogen and oxygen atoms in total. The number of benzene rings is 2. The fraction of sp³-hybridized carbons (Fsp3) is 0.167. The molecule has 2 heterocycles. The fourth-order valence-electron chi connectivity index (χ4n) is 3.65. The van der Waals surface area contributed by atoms with Crippen LogP contribution in [0.25, 0.3) is 5.70 Å². The molecule has 2 N–H and O–H groups in total. The Morgan fingerprint density at radius 3 is 2.62 bits per heavy atom. The maximum absolute atomic E-state index is 13.3. The molecule has 0 aliphatic carbocycles. The third kappa shape index (κ3) is 4.85. The van der Waals surface area contributed by atoms with E-state index in [2.05, 4.69) is 14.8 Å². The molecular formula is C24H20ClF3N4O2. The Labute approximate surface area is 199 Å². The Balaban J connectivity index is 1.73. The molecule has 0 saturated heterocycles. The lowest BCUT2D eigenvalue weighted by molar-refractivity contribution is -0.138. The van der Waals surface area contributed by atoms with E-state index >= 15 is 0 Å². The molecule has 34 heavy (non-hydrogen) atoms. The number of fused-ring (bicyclic) bond motifs is 1. The number of ether oxygens (including phenoxy) is 1. The molecule has 2 aromatic carbocycles. The highest BCUT2D eigenvalue weighted by molar-refractivity contribution is 6.13. The number of pyridine rings is 1. The van der Waals surface area contributed by atoms with Crippen LogP contribution in [-0.2, 0) is 6.18 Å². The average Bonchev–Trinajstić information content (AvgIpc) is 2.82. The number of alkyl halides is 3. The second-order valence-electron chi connectivity index (χ2n) is 7.57. The molecule has 0 spiro atoms. The van der Waals surface area contributed by atoms with E-state index < -0.39 is 17.6 Å². The SMILES string of the molecule is Cc1ccc(C(CNCl)N2C=N/C(=C\O)c3cc(Oc4ncccc4C(F)(F)F)ccc32)cc1. The van der Waals surface area contributed by atoms with Gasteiger partial charge in [0, 0.05) is 18.3 Å². The number of hydrogen-bond acceptors (Lipinski definition) is 6. The van der Waals surface area contributed by atoms with Crippen LogP contribution in [0.3, 0.4) is 0 Å². The number of nitrogens with zero attached hydrogens (tertiary/aromatic N) is 3. The van der Waals surface area contributed by atoms with Crippen LogP contribution in [0.2, 0.25) is 0 Å². The standard InChI is InChI=1S/C24H20ClF3N4O2/c1-15-4-6-16(7-5-15)22(12-31-25)32-14-30-20(13-33)18-11-17(8-9-21(18)32)34-23-19(24(26,27)28)3-2-10-29-23/h2-11,13-14,22,31,33H,12H2,1H3/b20-13-. The highest BCUT2D eigenvalue weighted by Gasteiger charge is 2.35. The summed E-state index contributed by atoms with van der Waals surface area (Å²) < 4.78 is 45.5. The fourth-order valence-corrected chi connectivity index (χ4v) is 3.80. The molecular weight excluding hydrogens is 469 g/mol. The van der Waals surface area contributed by atoms with E-state index in [1.54, 1.807) is 12.4 Å². The van der Waals surface area contributed by atoms with Gasteiger partial charge in [-0.25, -0.2) is 14.8 Å². The smallest absolute Gasteiger partial charge is 0.421 e. The zero-order valence-electron chi connectivity index (χ0n) is 17.9. The highest BCUT2D eigenvalue weighted by atomic mass is 35.5. The van der Waals surface area contributed by atoms with E-state index in [1.807, 2.05) is 36.1 Å². The second-order valence-corrected chi connectivity index (χ2v) is 7.83. The van der Waals surface area contributed by atoms with Gasteiger partial charge in [-0.05, 0) is 54.6 Å². The number of aryl methyl sites for hydroxylation is 1. The van der Waals surface area contributed by atoms with Crippen molar-refractivity contribution < 1.29 is 23.0 Å². The minimum atomic E-state index is -4.62. The number of nitrogens with one attached hydrogen (secondary N) is 1. The van der Waals surface area contributed by atoms with E-state index in [0.29, 0.717) is 17.8 Å². The number of aliphatic imine (C=N–C) groups is 1. The zero-order chi connectivity index (χ0) is 24.3. The van der Waals surface area contributed by atoms with Gasteiger partial charge in [0.2, 0.25) is 5.88 Å². The van der Waals surface area contributed by atoms with E-state index in [1.165, 1.54) is 24.4 Å². The molecule has 0 bridgehead atoms. The molecule has 1 unspecified atom stereocenters. The lowest BCUT2D eigenvalue weighted by Crippen LogP contribution is -2.34. The Morgan fingerprint density at radius 1 is 1.18 bits per heavy atom. The van der Waals surface area contributed by atoms with Gasteiger partial charge in [0.15, 0.2) is 0 Å². The molecule has 0 fully saturated rings. The van der Waals surface area contributed by atoms with Crippen LogP contribution >= 0.6 is 11.8 Å². The van der Waals surface area contributed by atoms with Gasteiger partial charge < -0.3 is 14.7 Å². The normalized spacial score (nSPS) is 15.3. The van der Waals surface area contributed by atoms with Crippen LogP contribution in [-0.4, -0.2) is 23.0 Å². The van der Waals surface area contributed by atoms with Crippen molar-refractivity contribution in [2.24, 2.45) is 4.99 Å². The lowest BCUT2D eigenvalue weighted by Gasteiger charge is -2.34. The molecule has 3 aromatic rings. The van der Waals surface area contributed by atoms with Crippen molar-refractivity contribution in [3.8, 4) is 11.6 Å². The Morgan fingerprint density at radius 2 is 1.94 bits per heavy atom. The monoisotopic (exact) mass is 488 g/mol. The van der Waals surface area contributed by atoms with Crippen molar-refractivity contribution in [3.05, 3.63) is 89.3 Å². The second kappa shape index (κ2) is 9.74. The number of rotatable bonds is 6. The van der Waals surface area contributed by atoms with Gasteiger partial charge in [-0.15, -0.1) is 0 Å². The minimum Gasteiger partial charge on any atom is -0.513 e. The summed E-state index contributed by atoms with van der Waals surface area (Å²) in [6.45, 7) is 2.36. The Bertz CT molecular complexity index is 1230. The van der Waals surface area contributed by atoms with E-state index in [4.69, 9.17) is 16.5 Å². The summed E-state index contributed by atoms with van der Waals surface area (Å²) in [6.07, 6.45) is -0.993. The number of halogens is 4. The Hall–Kier alpha value is -3.56. The summed E-state index contributed by atoms with van der Waals surface area (Å²) >= 11 is 5.86. The molecule has 1 aliphatic heterocycles. The summed E-state index contributed by atoms with van der Waals surface area (Å²) in [7, 11) is 0. The van der Waals surface area contributed by atoms with Crippen molar-refractivity contribution in [1.82, 2.24) is 9.82 Å². The van der Waals surface area contributed by atoms with Crippen LogP contribution in [0, 0.1) is 6.92 Å². The van der Waals surface area contributed by atoms with Gasteiger partial charge in [0.05, 0.1) is 18.1 Å². The zero-order valence-corrected chi connectivity index (χ0v) is 18.7. The number of aliphatic hydroxyl groups is 1. The predicted molar refractivity (Wildman–Crippen MR) is 125 cm³/mol. The van der Waals surface area contributed by atoms with Crippen molar-refractivity contribution in [1.29, 1.82) is 0 Å². The van der Waals surface area contributed by atoms with E-state index in [0.717, 1.165) is 23.5 Å². The van der Waals surface area contributed by atoms with Gasteiger partial charge in [0.25, 0.3) is 0 Å². The van der Waals surface area contributed by atoms with Crippen LogP contribution in [0.1, 0.15) is 28.3 Å². The molecule has 0 saturated carbocycles. The summed E-state index contributed by atoms with van der Waals surface area (Å²) in [5.41, 5.74) is 2.45. The van der Waals surface area contributed by atoms with Gasteiger partial charge in [-0.1, -0.05) is 29.8 Å². The first-order valence-electron chi connectivity index (χ1n) is 10.2. The third-order valence-electron chi connectivity index (χ3n) is 5.33. The van der Waals surface area contributed by atoms with Crippen LogP contribution in [0.5, 0.6) is 11.6 Å². The molecule has 0 radical (unpaired) electrons. The predicted octanol–water partition coefficient (Wildman–Crippen LogP) is 6.39. The van der Waals surface area contributed by atoms with E-state index in [9.17, 15) is 18.3 Å². The van der Waals surface area contributed by atoms with Gasteiger partial charge in [-0.3, -0.25) is 0 Å². The summed E-state index contributed by atoms with van der Waals surface area (Å²) in [4.78, 5) is 12.6. The largest absolute Gasteiger partial charge is 0.513 e. The van der Waals surface area contributed by atoms with Crippen molar-refractivity contribution in [2.45, 2.75) is 19.1 Å². The van der Waals surface area contributed by atoms with Crippen molar-refractivity contribution >= 4 is 29.5 Å². The number of hydrogen-bond donors (Lipinski definition) is 2. The van der Waals surface area contributed by atoms with Crippen LogP contribution < -0.4 is 14.5 Å². The molecule has 1 atom stereocenters. The van der Waals surface area contributed by atoms with Gasteiger partial charge in [0.1, 0.15) is 23.3 Å². The first-order valence-corrected chi connectivity index (χ1v) is 10.6. The van der Waals surface area contributed by atoms with Crippen molar-refractivity contribution in [2.75, 3.05) is 11.4 Å².